The lowest BCUT2D eigenvalue weighted by Crippen LogP contribution is -2.37. The normalized spacial score (nSPS) is 12.4. The number of para-hydroxylation sites is 1. The molecule has 0 bridgehead atoms. The second-order valence-electron chi connectivity index (χ2n) is 5.34. The average molecular weight is 367 g/mol. The van der Waals surface area contributed by atoms with Gasteiger partial charge < -0.3 is 15.1 Å². The number of furan rings is 1. The Bertz CT molecular complexity index is 877. The Morgan fingerprint density at radius 2 is 2.04 bits per heavy atom. The molecule has 9 nitrogen and oxygen atoms in total. The maximum atomic E-state index is 12.1. The van der Waals surface area contributed by atoms with Crippen LogP contribution in [0.5, 0.6) is 0 Å². The molecule has 0 saturated carbocycles. The van der Waals surface area contributed by atoms with Crippen molar-refractivity contribution in [2.75, 3.05) is 11.6 Å². The summed E-state index contributed by atoms with van der Waals surface area (Å²) in [5.74, 6) is 0.140. The predicted octanol–water partition coefficient (Wildman–Crippen LogP) is 1.71. The van der Waals surface area contributed by atoms with Gasteiger partial charge in [0, 0.05) is 6.26 Å². The number of nitro groups is 1. The number of amides is 1. The highest BCUT2D eigenvalue weighted by Gasteiger charge is 2.27. The largest absolute Gasteiger partial charge is 0.467 e. The van der Waals surface area contributed by atoms with Crippen LogP contribution in [0, 0.1) is 10.1 Å². The third kappa shape index (κ3) is 4.57. The van der Waals surface area contributed by atoms with Crippen LogP contribution in [0.4, 0.5) is 11.4 Å². The SMILES string of the molecule is CC(Nc1cccc(S(C)(=O)=O)c1[N+](=O)[O-])C(=O)NCc1ccco1. The van der Waals surface area contributed by atoms with E-state index in [4.69, 9.17) is 4.42 Å². The first kappa shape index (κ1) is 18.5. The number of nitro benzene ring substituents is 1. The fraction of sp³-hybridized carbons (Fsp3) is 0.267. The molecule has 0 aliphatic rings. The van der Waals surface area contributed by atoms with E-state index >= 15 is 0 Å². The monoisotopic (exact) mass is 367 g/mol. The van der Waals surface area contributed by atoms with Crippen molar-refractivity contribution in [1.82, 2.24) is 5.32 Å². The minimum atomic E-state index is -3.79. The van der Waals surface area contributed by atoms with E-state index < -0.39 is 37.3 Å². The van der Waals surface area contributed by atoms with E-state index in [1.54, 1.807) is 12.1 Å². The van der Waals surface area contributed by atoms with Crippen LogP contribution < -0.4 is 10.6 Å². The molecular weight excluding hydrogens is 350 g/mol. The van der Waals surface area contributed by atoms with Gasteiger partial charge >= 0.3 is 5.69 Å². The number of nitrogens with zero attached hydrogens (tertiary/aromatic N) is 1. The van der Waals surface area contributed by atoms with Gasteiger partial charge in [-0.1, -0.05) is 6.07 Å². The second kappa shape index (κ2) is 7.34. The number of hydrogen-bond donors (Lipinski definition) is 2. The van der Waals surface area contributed by atoms with E-state index in [-0.39, 0.29) is 12.2 Å². The molecule has 1 unspecified atom stereocenters. The molecule has 2 aromatic rings. The average Bonchev–Trinajstić information content (AvgIpc) is 3.04. The third-order valence-electron chi connectivity index (χ3n) is 3.36. The summed E-state index contributed by atoms with van der Waals surface area (Å²) in [5, 5.41) is 16.6. The lowest BCUT2D eigenvalue weighted by molar-refractivity contribution is -0.386. The van der Waals surface area contributed by atoms with Gasteiger partial charge in [-0.15, -0.1) is 0 Å². The van der Waals surface area contributed by atoms with E-state index in [1.807, 2.05) is 0 Å². The van der Waals surface area contributed by atoms with Crippen LogP contribution in [0.3, 0.4) is 0 Å². The van der Waals surface area contributed by atoms with Crippen LogP contribution in [0.1, 0.15) is 12.7 Å². The van der Waals surface area contributed by atoms with Crippen molar-refractivity contribution in [3.63, 3.8) is 0 Å². The molecule has 10 heteroatoms. The van der Waals surface area contributed by atoms with Gasteiger partial charge in [-0.05, 0) is 31.2 Å². The molecule has 2 rings (SSSR count). The van der Waals surface area contributed by atoms with Crippen molar-refractivity contribution in [3.8, 4) is 0 Å². The Balaban J connectivity index is 2.18. The molecule has 1 amide bonds. The first-order chi connectivity index (χ1) is 11.7. The topological polar surface area (TPSA) is 132 Å². The van der Waals surface area contributed by atoms with Crippen LogP contribution in [-0.4, -0.2) is 31.5 Å². The van der Waals surface area contributed by atoms with Gasteiger partial charge in [-0.25, -0.2) is 8.42 Å². The highest BCUT2D eigenvalue weighted by molar-refractivity contribution is 7.90. The summed E-state index contributed by atoms with van der Waals surface area (Å²) in [5.41, 5.74) is -0.635. The molecule has 0 saturated heterocycles. The number of carbonyl (C=O) groups is 1. The molecule has 1 aromatic carbocycles. The number of anilines is 1. The van der Waals surface area contributed by atoms with E-state index in [1.165, 1.54) is 25.3 Å². The van der Waals surface area contributed by atoms with Gasteiger partial charge in [0.05, 0.1) is 17.7 Å². The summed E-state index contributed by atoms with van der Waals surface area (Å²) in [6.45, 7) is 1.68. The molecule has 0 fully saturated rings. The number of sulfone groups is 1. The van der Waals surface area contributed by atoms with Crippen LogP contribution >= 0.6 is 0 Å². The van der Waals surface area contributed by atoms with E-state index in [9.17, 15) is 23.3 Å². The van der Waals surface area contributed by atoms with E-state index in [2.05, 4.69) is 10.6 Å². The van der Waals surface area contributed by atoms with Crippen LogP contribution in [-0.2, 0) is 21.2 Å². The molecule has 0 spiro atoms. The van der Waals surface area contributed by atoms with Gasteiger partial charge in [0.25, 0.3) is 0 Å². The van der Waals surface area contributed by atoms with Crippen LogP contribution in [0.25, 0.3) is 0 Å². The summed E-state index contributed by atoms with van der Waals surface area (Å²) in [6, 6.07) is 6.42. The van der Waals surface area contributed by atoms with E-state index in [0.29, 0.717) is 5.76 Å². The van der Waals surface area contributed by atoms with Gasteiger partial charge in [0.1, 0.15) is 22.4 Å². The molecule has 1 atom stereocenters. The molecular formula is C15H17N3O6S. The summed E-state index contributed by atoms with van der Waals surface area (Å²) in [7, 11) is -3.79. The Kier molecular flexibility index (Phi) is 5.42. The zero-order valence-corrected chi connectivity index (χ0v) is 14.4. The predicted molar refractivity (Wildman–Crippen MR) is 89.8 cm³/mol. The maximum Gasteiger partial charge on any atom is 0.310 e. The summed E-state index contributed by atoms with van der Waals surface area (Å²) < 4.78 is 28.6. The lowest BCUT2D eigenvalue weighted by Gasteiger charge is -2.15. The molecule has 134 valence electrons. The number of benzene rings is 1. The molecule has 1 heterocycles. The highest BCUT2D eigenvalue weighted by Crippen LogP contribution is 2.32. The second-order valence-corrected chi connectivity index (χ2v) is 7.33. The smallest absolute Gasteiger partial charge is 0.310 e. The lowest BCUT2D eigenvalue weighted by atomic mass is 10.2. The zero-order valence-electron chi connectivity index (χ0n) is 13.6. The standard InChI is InChI=1S/C15H17N3O6S/c1-10(15(19)16-9-11-5-4-8-24-11)17-12-6-3-7-13(25(2,22)23)14(12)18(20)21/h3-8,10,17H,9H2,1-2H3,(H,16,19). The van der Waals surface area contributed by atoms with Crippen molar-refractivity contribution in [1.29, 1.82) is 0 Å². The fourth-order valence-corrected chi connectivity index (χ4v) is 3.03. The van der Waals surface area contributed by atoms with E-state index in [0.717, 1.165) is 12.3 Å². The highest BCUT2D eigenvalue weighted by atomic mass is 32.2. The Hall–Kier alpha value is -2.88. The Labute approximate surface area is 144 Å². The van der Waals surface area contributed by atoms with Crippen LogP contribution in [0.15, 0.2) is 45.9 Å². The van der Waals surface area contributed by atoms with Crippen molar-refractivity contribution in [2.45, 2.75) is 24.4 Å². The quantitative estimate of drug-likeness (QED) is 0.562. The molecule has 0 radical (unpaired) electrons. The minimum absolute atomic E-state index is 0.0476. The first-order valence-electron chi connectivity index (χ1n) is 7.24. The van der Waals surface area contributed by atoms with Crippen molar-refractivity contribution >= 4 is 27.1 Å². The minimum Gasteiger partial charge on any atom is -0.467 e. The molecule has 0 aliphatic heterocycles. The fourth-order valence-electron chi connectivity index (χ4n) is 2.17. The van der Waals surface area contributed by atoms with Crippen molar-refractivity contribution in [2.24, 2.45) is 0 Å². The number of nitrogens with one attached hydrogen (secondary N) is 2. The zero-order chi connectivity index (χ0) is 18.6. The number of rotatable bonds is 7. The van der Waals surface area contributed by atoms with Crippen molar-refractivity contribution in [3.05, 3.63) is 52.5 Å². The van der Waals surface area contributed by atoms with Gasteiger partial charge in [-0.3, -0.25) is 14.9 Å². The number of carbonyl (C=O) groups excluding carboxylic acids is 1. The third-order valence-corrected chi connectivity index (χ3v) is 4.49. The van der Waals surface area contributed by atoms with Crippen LogP contribution in [0.2, 0.25) is 0 Å². The summed E-state index contributed by atoms with van der Waals surface area (Å²) in [4.78, 5) is 22.2. The summed E-state index contributed by atoms with van der Waals surface area (Å²) >= 11 is 0. The van der Waals surface area contributed by atoms with Gasteiger partial charge in [-0.2, -0.15) is 0 Å². The molecule has 25 heavy (non-hydrogen) atoms. The Morgan fingerprint density at radius 3 is 2.60 bits per heavy atom. The first-order valence-corrected chi connectivity index (χ1v) is 9.13. The molecule has 0 aliphatic carbocycles. The van der Waals surface area contributed by atoms with Crippen molar-refractivity contribution < 1.29 is 22.6 Å². The van der Waals surface area contributed by atoms with Gasteiger partial charge in [0.15, 0.2) is 9.84 Å². The molecule has 1 aromatic heterocycles. The molecule has 2 N–H and O–H groups in total. The Morgan fingerprint density at radius 1 is 1.32 bits per heavy atom. The number of hydrogen-bond acceptors (Lipinski definition) is 7. The maximum absolute atomic E-state index is 12.1. The summed E-state index contributed by atoms with van der Waals surface area (Å²) in [6.07, 6.45) is 2.36. The van der Waals surface area contributed by atoms with Gasteiger partial charge in [0.2, 0.25) is 5.91 Å².